The van der Waals surface area contributed by atoms with Crippen LogP contribution in [0, 0.1) is 11.3 Å². The smallest absolute Gasteiger partial charge is 0.161 e. The van der Waals surface area contributed by atoms with E-state index in [1.54, 1.807) is 0 Å². The molecule has 2 aromatic rings. The minimum atomic E-state index is 0.303. The molecular formula is C17H15N3O2. The Balaban J connectivity index is 1.86. The Bertz CT molecular complexity index is 791. The Labute approximate surface area is 128 Å². The van der Waals surface area contributed by atoms with Gasteiger partial charge in [0.1, 0.15) is 30.7 Å². The van der Waals surface area contributed by atoms with Gasteiger partial charge in [0.15, 0.2) is 11.5 Å². The minimum absolute atomic E-state index is 0.303. The van der Waals surface area contributed by atoms with E-state index in [0.717, 1.165) is 35.4 Å². The number of fused-ring (bicyclic) bond motifs is 1. The Morgan fingerprint density at radius 1 is 1.14 bits per heavy atom. The topological polar surface area (TPSA) is 81.2 Å². The lowest BCUT2D eigenvalue weighted by atomic mass is 9.99. The largest absolute Gasteiger partial charge is 0.486 e. The molecule has 2 heterocycles. The molecule has 0 amide bonds. The molecule has 0 unspecified atom stereocenters. The van der Waals surface area contributed by atoms with E-state index < -0.39 is 0 Å². The van der Waals surface area contributed by atoms with Crippen molar-refractivity contribution in [3.63, 3.8) is 0 Å². The molecule has 5 nitrogen and oxygen atoms in total. The summed E-state index contributed by atoms with van der Waals surface area (Å²) in [6.07, 6.45) is 2.28. The van der Waals surface area contributed by atoms with Gasteiger partial charge >= 0.3 is 0 Å². The Morgan fingerprint density at radius 3 is 2.64 bits per heavy atom. The number of ether oxygens (including phenoxy) is 2. The Morgan fingerprint density at radius 2 is 1.91 bits per heavy atom. The van der Waals surface area contributed by atoms with Gasteiger partial charge in [-0.25, -0.2) is 4.98 Å². The number of benzene rings is 1. The van der Waals surface area contributed by atoms with E-state index in [9.17, 15) is 5.26 Å². The van der Waals surface area contributed by atoms with Gasteiger partial charge < -0.3 is 15.2 Å². The van der Waals surface area contributed by atoms with Crippen LogP contribution in [-0.4, -0.2) is 18.2 Å². The van der Waals surface area contributed by atoms with E-state index in [1.807, 2.05) is 24.3 Å². The first kappa shape index (κ1) is 13.0. The summed E-state index contributed by atoms with van der Waals surface area (Å²) in [6.45, 7) is 1.09. The molecule has 1 aliphatic carbocycles. The molecule has 1 aromatic carbocycles. The number of nitrogen functional groups attached to an aromatic ring is 1. The van der Waals surface area contributed by atoms with Crippen LogP contribution in [0.4, 0.5) is 5.82 Å². The van der Waals surface area contributed by atoms with Gasteiger partial charge in [-0.15, -0.1) is 0 Å². The number of anilines is 1. The third-order valence-corrected chi connectivity index (χ3v) is 4.03. The summed E-state index contributed by atoms with van der Waals surface area (Å²) in [5.74, 6) is 2.22. The molecule has 0 saturated heterocycles. The number of hydrogen-bond acceptors (Lipinski definition) is 5. The van der Waals surface area contributed by atoms with Crippen LogP contribution in [0.3, 0.4) is 0 Å². The van der Waals surface area contributed by atoms with Crippen molar-refractivity contribution >= 4 is 5.82 Å². The van der Waals surface area contributed by atoms with Crippen molar-refractivity contribution in [2.45, 2.75) is 18.8 Å². The van der Waals surface area contributed by atoms with Crippen LogP contribution < -0.4 is 15.2 Å². The highest BCUT2D eigenvalue weighted by molar-refractivity contribution is 5.77. The van der Waals surface area contributed by atoms with E-state index in [1.165, 1.54) is 0 Å². The van der Waals surface area contributed by atoms with Crippen molar-refractivity contribution < 1.29 is 9.47 Å². The van der Waals surface area contributed by atoms with Crippen molar-refractivity contribution in [2.24, 2.45) is 0 Å². The van der Waals surface area contributed by atoms with Crippen LogP contribution in [0.2, 0.25) is 0 Å². The van der Waals surface area contributed by atoms with Crippen LogP contribution in [-0.2, 0) is 0 Å². The highest BCUT2D eigenvalue weighted by atomic mass is 16.6. The standard InChI is InChI=1S/C17H15N3O2/c18-9-13-12(8-14(10-1-2-10)20-17(13)19)11-3-4-15-16(7-11)22-6-5-21-15/h3-4,7-8,10H,1-2,5-6H2,(H2,19,20). The molecule has 0 atom stereocenters. The average molecular weight is 293 g/mol. The number of pyridine rings is 1. The fourth-order valence-electron chi connectivity index (χ4n) is 2.73. The van der Waals surface area contributed by atoms with Crippen molar-refractivity contribution in [1.82, 2.24) is 4.98 Å². The van der Waals surface area contributed by atoms with E-state index in [4.69, 9.17) is 15.2 Å². The van der Waals surface area contributed by atoms with Crippen LogP contribution >= 0.6 is 0 Å². The zero-order chi connectivity index (χ0) is 15.1. The first-order chi connectivity index (χ1) is 10.8. The molecule has 2 aliphatic rings. The van der Waals surface area contributed by atoms with Crippen molar-refractivity contribution in [3.8, 4) is 28.7 Å². The normalized spacial score (nSPS) is 16.1. The first-order valence-corrected chi connectivity index (χ1v) is 7.37. The highest BCUT2D eigenvalue weighted by Gasteiger charge is 2.27. The predicted octanol–water partition coefficient (Wildman–Crippen LogP) is 2.85. The lowest BCUT2D eigenvalue weighted by molar-refractivity contribution is 0.171. The van der Waals surface area contributed by atoms with Gasteiger partial charge in [0.25, 0.3) is 0 Å². The maximum absolute atomic E-state index is 9.42. The molecular weight excluding hydrogens is 278 g/mol. The highest BCUT2D eigenvalue weighted by Crippen LogP contribution is 2.42. The van der Waals surface area contributed by atoms with Gasteiger partial charge in [-0.1, -0.05) is 6.07 Å². The third kappa shape index (κ3) is 2.13. The van der Waals surface area contributed by atoms with E-state index >= 15 is 0 Å². The van der Waals surface area contributed by atoms with Crippen LogP contribution in [0.25, 0.3) is 11.1 Å². The van der Waals surface area contributed by atoms with Gasteiger partial charge in [-0.3, -0.25) is 0 Å². The van der Waals surface area contributed by atoms with Gasteiger partial charge in [-0.05, 0) is 36.6 Å². The van der Waals surface area contributed by atoms with Crippen LogP contribution in [0.5, 0.6) is 11.5 Å². The van der Waals surface area contributed by atoms with Crippen LogP contribution in [0.15, 0.2) is 24.3 Å². The monoisotopic (exact) mass is 293 g/mol. The summed E-state index contributed by atoms with van der Waals surface area (Å²) in [5, 5.41) is 9.42. The fraction of sp³-hybridized carbons (Fsp3) is 0.294. The number of hydrogen-bond donors (Lipinski definition) is 1. The van der Waals surface area contributed by atoms with Gasteiger partial charge in [-0.2, -0.15) is 5.26 Å². The number of nitriles is 1. The maximum atomic E-state index is 9.42. The summed E-state index contributed by atoms with van der Waals surface area (Å²) in [7, 11) is 0. The molecule has 1 fully saturated rings. The second-order valence-electron chi connectivity index (χ2n) is 5.60. The van der Waals surface area contributed by atoms with Gasteiger partial charge in [0.05, 0.1) is 0 Å². The minimum Gasteiger partial charge on any atom is -0.486 e. The zero-order valence-electron chi connectivity index (χ0n) is 12.0. The second kappa shape index (κ2) is 4.92. The lowest BCUT2D eigenvalue weighted by Gasteiger charge is -2.19. The summed E-state index contributed by atoms with van der Waals surface area (Å²) in [4.78, 5) is 4.38. The van der Waals surface area contributed by atoms with Crippen molar-refractivity contribution in [2.75, 3.05) is 18.9 Å². The molecule has 2 N–H and O–H groups in total. The van der Waals surface area contributed by atoms with Crippen molar-refractivity contribution in [1.29, 1.82) is 5.26 Å². The van der Waals surface area contributed by atoms with Gasteiger partial charge in [0, 0.05) is 17.2 Å². The molecule has 110 valence electrons. The Hall–Kier alpha value is -2.74. The number of nitrogens with two attached hydrogens (primary N) is 1. The van der Waals surface area contributed by atoms with Crippen molar-refractivity contribution in [3.05, 3.63) is 35.5 Å². The molecule has 5 heteroatoms. The molecule has 0 radical (unpaired) electrons. The Kier molecular flexibility index (Phi) is 2.90. The molecule has 1 saturated carbocycles. The fourth-order valence-corrected chi connectivity index (χ4v) is 2.73. The predicted molar refractivity (Wildman–Crippen MR) is 81.8 cm³/mol. The van der Waals surface area contributed by atoms with Gasteiger partial charge in [0.2, 0.25) is 0 Å². The third-order valence-electron chi connectivity index (χ3n) is 4.03. The molecule has 22 heavy (non-hydrogen) atoms. The molecule has 4 rings (SSSR count). The quantitative estimate of drug-likeness (QED) is 0.920. The molecule has 0 bridgehead atoms. The zero-order valence-corrected chi connectivity index (χ0v) is 12.0. The SMILES string of the molecule is N#Cc1c(-c2ccc3c(c2)OCCO3)cc(C2CC2)nc1N. The van der Waals surface area contributed by atoms with E-state index in [-0.39, 0.29) is 0 Å². The number of rotatable bonds is 2. The van der Waals surface area contributed by atoms with E-state index in [2.05, 4.69) is 11.1 Å². The first-order valence-electron chi connectivity index (χ1n) is 7.37. The molecule has 1 aliphatic heterocycles. The summed E-state index contributed by atoms with van der Waals surface area (Å²) >= 11 is 0. The summed E-state index contributed by atoms with van der Waals surface area (Å²) in [5.41, 5.74) is 9.09. The number of nitrogens with zero attached hydrogens (tertiary/aromatic N) is 2. The average Bonchev–Trinajstić information content (AvgIpc) is 3.38. The lowest BCUT2D eigenvalue weighted by Crippen LogP contribution is -2.15. The number of aromatic nitrogens is 1. The van der Waals surface area contributed by atoms with Crippen LogP contribution in [0.1, 0.15) is 30.0 Å². The van der Waals surface area contributed by atoms with E-state index in [0.29, 0.717) is 36.3 Å². The second-order valence-corrected chi connectivity index (χ2v) is 5.60. The summed E-state index contributed by atoms with van der Waals surface area (Å²) in [6, 6.07) is 9.86. The molecule has 1 aromatic heterocycles. The maximum Gasteiger partial charge on any atom is 0.161 e. The molecule has 0 spiro atoms. The summed E-state index contributed by atoms with van der Waals surface area (Å²) < 4.78 is 11.2.